The summed E-state index contributed by atoms with van der Waals surface area (Å²) >= 11 is 0. The molecule has 0 aromatic carbocycles. The first-order chi connectivity index (χ1) is 6.74. The van der Waals surface area contributed by atoms with Crippen molar-refractivity contribution in [3.63, 3.8) is 0 Å². The lowest BCUT2D eigenvalue weighted by Gasteiger charge is -2.19. The van der Waals surface area contributed by atoms with Crippen molar-refractivity contribution in [2.75, 3.05) is 20.1 Å². The van der Waals surface area contributed by atoms with E-state index in [9.17, 15) is 0 Å². The Kier molecular flexibility index (Phi) is 9.42. The SMILES string of the molecule is CCCC(CCC)CNC(C)CNC. The molecular weight excluding hydrogens is 172 g/mol. The summed E-state index contributed by atoms with van der Waals surface area (Å²) in [6.07, 6.45) is 5.36. The molecule has 0 aliphatic rings. The van der Waals surface area contributed by atoms with Crippen LogP contribution in [0.1, 0.15) is 46.5 Å². The molecule has 14 heavy (non-hydrogen) atoms. The Morgan fingerprint density at radius 2 is 1.57 bits per heavy atom. The molecule has 2 N–H and O–H groups in total. The van der Waals surface area contributed by atoms with E-state index in [0.717, 1.165) is 12.5 Å². The molecule has 0 saturated heterocycles. The predicted molar refractivity (Wildman–Crippen MR) is 64.7 cm³/mol. The number of hydrogen-bond donors (Lipinski definition) is 2. The van der Waals surface area contributed by atoms with Gasteiger partial charge >= 0.3 is 0 Å². The van der Waals surface area contributed by atoms with Crippen molar-refractivity contribution in [1.82, 2.24) is 10.6 Å². The van der Waals surface area contributed by atoms with Crippen molar-refractivity contribution in [2.24, 2.45) is 5.92 Å². The zero-order valence-corrected chi connectivity index (χ0v) is 10.4. The third-order valence-electron chi connectivity index (χ3n) is 2.66. The minimum atomic E-state index is 0.594. The topological polar surface area (TPSA) is 24.1 Å². The smallest absolute Gasteiger partial charge is 0.0164 e. The Labute approximate surface area is 89.9 Å². The van der Waals surface area contributed by atoms with Crippen LogP contribution in [-0.4, -0.2) is 26.2 Å². The summed E-state index contributed by atoms with van der Waals surface area (Å²) in [7, 11) is 2.01. The standard InChI is InChI=1S/C12H28N2/c1-5-7-12(8-6-2)10-14-11(3)9-13-4/h11-14H,5-10H2,1-4H3. The Morgan fingerprint density at radius 3 is 2.00 bits per heavy atom. The van der Waals surface area contributed by atoms with E-state index in [4.69, 9.17) is 0 Å². The van der Waals surface area contributed by atoms with Crippen LogP contribution < -0.4 is 10.6 Å². The molecule has 0 aliphatic carbocycles. The first-order valence-electron chi connectivity index (χ1n) is 6.12. The van der Waals surface area contributed by atoms with Gasteiger partial charge in [-0.15, -0.1) is 0 Å². The van der Waals surface area contributed by atoms with Gasteiger partial charge in [0.15, 0.2) is 0 Å². The van der Waals surface area contributed by atoms with Crippen LogP contribution in [0.25, 0.3) is 0 Å². The second kappa shape index (κ2) is 9.47. The van der Waals surface area contributed by atoms with Crippen LogP contribution in [0.15, 0.2) is 0 Å². The predicted octanol–water partition coefficient (Wildman–Crippen LogP) is 2.40. The third kappa shape index (κ3) is 7.34. The summed E-state index contributed by atoms with van der Waals surface area (Å²) in [6.45, 7) is 9.04. The Balaban J connectivity index is 3.57. The summed E-state index contributed by atoms with van der Waals surface area (Å²) in [6, 6.07) is 0.594. The largest absolute Gasteiger partial charge is 0.318 e. The van der Waals surface area contributed by atoms with Gasteiger partial charge in [-0.25, -0.2) is 0 Å². The van der Waals surface area contributed by atoms with Crippen LogP contribution >= 0.6 is 0 Å². The van der Waals surface area contributed by atoms with Gasteiger partial charge in [-0.3, -0.25) is 0 Å². The monoisotopic (exact) mass is 200 g/mol. The van der Waals surface area contributed by atoms with E-state index >= 15 is 0 Å². The second-order valence-electron chi connectivity index (χ2n) is 4.31. The van der Waals surface area contributed by atoms with Gasteiger partial charge in [-0.1, -0.05) is 26.7 Å². The molecule has 0 aromatic rings. The average molecular weight is 200 g/mol. The average Bonchev–Trinajstić information content (AvgIpc) is 2.15. The summed E-state index contributed by atoms with van der Waals surface area (Å²) < 4.78 is 0. The number of likely N-dealkylation sites (N-methyl/N-ethyl adjacent to an activating group) is 1. The minimum absolute atomic E-state index is 0.594. The van der Waals surface area contributed by atoms with Crippen LogP contribution in [0.5, 0.6) is 0 Å². The fourth-order valence-corrected chi connectivity index (χ4v) is 1.91. The van der Waals surface area contributed by atoms with E-state index in [1.807, 2.05) is 7.05 Å². The Bertz CT molecular complexity index is 109. The van der Waals surface area contributed by atoms with Gasteiger partial charge in [0.2, 0.25) is 0 Å². The normalized spacial score (nSPS) is 13.5. The minimum Gasteiger partial charge on any atom is -0.318 e. The lowest BCUT2D eigenvalue weighted by atomic mass is 9.98. The van der Waals surface area contributed by atoms with E-state index < -0.39 is 0 Å². The van der Waals surface area contributed by atoms with Gasteiger partial charge in [0.1, 0.15) is 0 Å². The summed E-state index contributed by atoms with van der Waals surface area (Å²) in [5.74, 6) is 0.879. The maximum Gasteiger partial charge on any atom is 0.0164 e. The molecule has 0 rings (SSSR count). The molecule has 0 spiro atoms. The molecule has 0 bridgehead atoms. The van der Waals surface area contributed by atoms with Gasteiger partial charge in [0.25, 0.3) is 0 Å². The molecule has 0 amide bonds. The second-order valence-corrected chi connectivity index (χ2v) is 4.31. The summed E-state index contributed by atoms with van der Waals surface area (Å²) in [5, 5.41) is 6.78. The van der Waals surface area contributed by atoms with Crippen molar-refractivity contribution < 1.29 is 0 Å². The number of nitrogens with one attached hydrogen (secondary N) is 2. The molecule has 0 aromatic heterocycles. The molecule has 2 nitrogen and oxygen atoms in total. The Hall–Kier alpha value is -0.0800. The molecule has 2 heteroatoms. The van der Waals surface area contributed by atoms with E-state index in [1.54, 1.807) is 0 Å². The molecule has 0 aliphatic heterocycles. The maximum absolute atomic E-state index is 3.59. The highest BCUT2D eigenvalue weighted by atomic mass is 15.0. The fourth-order valence-electron chi connectivity index (χ4n) is 1.91. The zero-order valence-electron chi connectivity index (χ0n) is 10.4. The molecule has 86 valence electrons. The van der Waals surface area contributed by atoms with Crippen molar-refractivity contribution in [3.05, 3.63) is 0 Å². The van der Waals surface area contributed by atoms with Crippen LogP contribution in [0.3, 0.4) is 0 Å². The molecule has 1 unspecified atom stereocenters. The van der Waals surface area contributed by atoms with E-state index in [0.29, 0.717) is 6.04 Å². The molecule has 0 saturated carbocycles. The van der Waals surface area contributed by atoms with Crippen LogP contribution in [-0.2, 0) is 0 Å². The van der Waals surface area contributed by atoms with Gasteiger partial charge in [0.05, 0.1) is 0 Å². The number of hydrogen-bond acceptors (Lipinski definition) is 2. The van der Waals surface area contributed by atoms with Gasteiger partial charge in [-0.05, 0) is 39.3 Å². The molecule has 1 atom stereocenters. The molecule has 0 fully saturated rings. The van der Waals surface area contributed by atoms with Crippen LogP contribution in [0, 0.1) is 5.92 Å². The highest BCUT2D eigenvalue weighted by Crippen LogP contribution is 2.12. The van der Waals surface area contributed by atoms with Crippen LogP contribution in [0.4, 0.5) is 0 Å². The lowest BCUT2D eigenvalue weighted by Crippen LogP contribution is -2.37. The first kappa shape index (κ1) is 13.9. The highest BCUT2D eigenvalue weighted by molar-refractivity contribution is 4.67. The first-order valence-corrected chi connectivity index (χ1v) is 6.12. The van der Waals surface area contributed by atoms with Crippen LogP contribution in [0.2, 0.25) is 0 Å². The lowest BCUT2D eigenvalue weighted by molar-refractivity contribution is 0.384. The van der Waals surface area contributed by atoms with Gasteiger partial charge in [0, 0.05) is 12.6 Å². The fraction of sp³-hybridized carbons (Fsp3) is 1.00. The Morgan fingerprint density at radius 1 is 1.00 bits per heavy atom. The van der Waals surface area contributed by atoms with Crippen molar-refractivity contribution >= 4 is 0 Å². The summed E-state index contributed by atoms with van der Waals surface area (Å²) in [4.78, 5) is 0. The van der Waals surface area contributed by atoms with E-state index in [1.165, 1.54) is 32.2 Å². The van der Waals surface area contributed by atoms with Crippen molar-refractivity contribution in [1.29, 1.82) is 0 Å². The van der Waals surface area contributed by atoms with Gasteiger partial charge < -0.3 is 10.6 Å². The van der Waals surface area contributed by atoms with Crippen molar-refractivity contribution in [3.8, 4) is 0 Å². The maximum atomic E-state index is 3.59. The zero-order chi connectivity index (χ0) is 10.8. The molecule has 0 heterocycles. The van der Waals surface area contributed by atoms with E-state index in [-0.39, 0.29) is 0 Å². The van der Waals surface area contributed by atoms with E-state index in [2.05, 4.69) is 31.4 Å². The molecular formula is C12H28N2. The quantitative estimate of drug-likeness (QED) is 0.597. The highest BCUT2D eigenvalue weighted by Gasteiger charge is 2.07. The van der Waals surface area contributed by atoms with Gasteiger partial charge in [-0.2, -0.15) is 0 Å². The number of rotatable bonds is 9. The third-order valence-corrected chi connectivity index (χ3v) is 2.66. The van der Waals surface area contributed by atoms with Crippen molar-refractivity contribution in [2.45, 2.75) is 52.5 Å². The molecule has 0 radical (unpaired) electrons. The summed E-state index contributed by atoms with van der Waals surface area (Å²) in [5.41, 5.74) is 0.